The molecule has 0 unspecified atom stereocenters. The van der Waals surface area contributed by atoms with Crippen LogP contribution < -0.4 is 5.73 Å². The summed E-state index contributed by atoms with van der Waals surface area (Å²) in [6, 6.07) is 9.56. The number of nitrogens with two attached hydrogens (primary N) is 1. The van der Waals surface area contributed by atoms with Crippen molar-refractivity contribution in [3.8, 4) is 0 Å². The van der Waals surface area contributed by atoms with Crippen molar-refractivity contribution in [3.63, 3.8) is 0 Å². The zero-order valence-electron chi connectivity index (χ0n) is 10.7. The summed E-state index contributed by atoms with van der Waals surface area (Å²) < 4.78 is 0. The first-order valence-corrected chi connectivity index (χ1v) is 6.45. The van der Waals surface area contributed by atoms with Crippen molar-refractivity contribution in [1.29, 1.82) is 0 Å². The van der Waals surface area contributed by atoms with Crippen LogP contribution in [0, 0.1) is 0 Å². The van der Waals surface area contributed by atoms with Gasteiger partial charge in [-0.25, -0.2) is 0 Å². The van der Waals surface area contributed by atoms with Gasteiger partial charge in [-0.3, -0.25) is 9.78 Å². The minimum atomic E-state index is -0.146. The van der Waals surface area contributed by atoms with E-state index in [0.717, 1.165) is 10.8 Å². The van der Waals surface area contributed by atoms with Gasteiger partial charge < -0.3 is 10.6 Å². The fourth-order valence-corrected chi connectivity index (χ4v) is 2.11. The first kappa shape index (κ1) is 13.4. The minimum Gasteiger partial charge on any atom is -0.392 e. The van der Waals surface area contributed by atoms with Crippen LogP contribution in [0.25, 0.3) is 10.8 Å². The fraction of sp³-hybridized carbons (Fsp3) is 0.214. The predicted octanol–water partition coefficient (Wildman–Crippen LogP) is 1.98. The van der Waals surface area contributed by atoms with Crippen LogP contribution in [0.5, 0.6) is 0 Å². The summed E-state index contributed by atoms with van der Waals surface area (Å²) in [5.74, 6) is -0.146. The number of aromatic nitrogens is 1. The number of nitrogens with zero attached hydrogens (tertiary/aromatic N) is 2. The Morgan fingerprint density at radius 2 is 2.11 bits per heavy atom. The van der Waals surface area contributed by atoms with Crippen molar-refractivity contribution in [1.82, 2.24) is 9.88 Å². The van der Waals surface area contributed by atoms with E-state index >= 15 is 0 Å². The van der Waals surface area contributed by atoms with Crippen molar-refractivity contribution >= 4 is 33.9 Å². The highest BCUT2D eigenvalue weighted by Crippen LogP contribution is 2.17. The number of likely N-dealkylation sites (N-methyl/N-ethyl adjacent to an activating group) is 1. The maximum atomic E-state index is 12.5. The summed E-state index contributed by atoms with van der Waals surface area (Å²) in [5, 5.41) is 1.84. The molecule has 19 heavy (non-hydrogen) atoms. The van der Waals surface area contributed by atoms with Crippen LogP contribution >= 0.6 is 12.2 Å². The molecule has 0 atom stereocenters. The highest BCUT2D eigenvalue weighted by Gasteiger charge is 2.18. The molecule has 2 N–H and O–H groups in total. The first-order valence-electron chi connectivity index (χ1n) is 6.04. The first-order chi connectivity index (χ1) is 9.13. The van der Waals surface area contributed by atoms with Gasteiger partial charge in [0.15, 0.2) is 0 Å². The summed E-state index contributed by atoms with van der Waals surface area (Å²) in [7, 11) is 0. The molecule has 5 heteroatoms. The maximum absolute atomic E-state index is 12.5. The number of fused-ring (bicyclic) bond motifs is 1. The topological polar surface area (TPSA) is 59.2 Å². The number of benzene rings is 1. The molecule has 1 aromatic heterocycles. The number of pyridine rings is 1. The van der Waals surface area contributed by atoms with Gasteiger partial charge in [0.2, 0.25) is 0 Å². The Hall–Kier alpha value is -2.01. The third-order valence-electron chi connectivity index (χ3n) is 2.89. The summed E-state index contributed by atoms with van der Waals surface area (Å²) in [6.45, 7) is 2.71. The van der Waals surface area contributed by atoms with Crippen molar-refractivity contribution in [2.75, 3.05) is 13.1 Å². The van der Waals surface area contributed by atoms with Crippen LogP contribution in [0.4, 0.5) is 0 Å². The lowest BCUT2D eigenvalue weighted by Crippen LogP contribution is -2.38. The zero-order chi connectivity index (χ0) is 13.8. The number of carbonyl (C=O) groups excluding carboxylic acids is 1. The predicted molar refractivity (Wildman–Crippen MR) is 80.1 cm³/mol. The second-order valence-electron chi connectivity index (χ2n) is 4.17. The molecule has 0 radical (unpaired) electrons. The van der Waals surface area contributed by atoms with Gasteiger partial charge in [-0.05, 0) is 18.4 Å². The van der Waals surface area contributed by atoms with Crippen LogP contribution in [0.15, 0.2) is 36.5 Å². The van der Waals surface area contributed by atoms with Crippen LogP contribution in [-0.2, 0) is 0 Å². The van der Waals surface area contributed by atoms with Crippen LogP contribution in [0.1, 0.15) is 17.4 Å². The molecule has 1 heterocycles. The molecule has 98 valence electrons. The second kappa shape index (κ2) is 5.75. The van der Waals surface area contributed by atoms with E-state index in [1.165, 1.54) is 0 Å². The van der Waals surface area contributed by atoms with Crippen LogP contribution in [0.2, 0.25) is 0 Å². The van der Waals surface area contributed by atoms with Gasteiger partial charge in [-0.15, -0.1) is 0 Å². The molecule has 1 amide bonds. The molecule has 0 saturated heterocycles. The summed E-state index contributed by atoms with van der Waals surface area (Å²) in [6.07, 6.45) is 1.64. The molecular formula is C14H15N3OS. The Morgan fingerprint density at radius 3 is 2.79 bits per heavy atom. The van der Waals surface area contributed by atoms with E-state index in [-0.39, 0.29) is 12.5 Å². The number of hydrogen-bond acceptors (Lipinski definition) is 3. The standard InChI is InChI=1S/C14H15N3OS/c1-2-17(9-12(15)19)14(18)13-11-6-4-3-5-10(11)7-8-16-13/h3-8H,2,9H2,1H3,(H2,15,19). The third-order valence-corrected chi connectivity index (χ3v) is 3.02. The van der Waals surface area contributed by atoms with E-state index in [1.54, 1.807) is 11.1 Å². The van der Waals surface area contributed by atoms with Crippen molar-refractivity contribution in [2.24, 2.45) is 5.73 Å². The van der Waals surface area contributed by atoms with Crippen LogP contribution in [0.3, 0.4) is 0 Å². The fourth-order valence-electron chi connectivity index (χ4n) is 1.96. The van der Waals surface area contributed by atoms with Gasteiger partial charge in [0.25, 0.3) is 5.91 Å². The molecule has 4 nitrogen and oxygen atoms in total. The van der Waals surface area contributed by atoms with E-state index in [9.17, 15) is 4.79 Å². The van der Waals surface area contributed by atoms with Gasteiger partial charge in [-0.2, -0.15) is 0 Å². The molecule has 1 aromatic carbocycles. The Morgan fingerprint density at radius 1 is 1.37 bits per heavy atom. The van der Waals surface area contributed by atoms with Gasteiger partial charge in [-0.1, -0.05) is 36.5 Å². The number of carbonyl (C=O) groups is 1. The normalized spacial score (nSPS) is 10.4. The molecule has 0 saturated carbocycles. The monoisotopic (exact) mass is 273 g/mol. The van der Waals surface area contributed by atoms with E-state index in [4.69, 9.17) is 18.0 Å². The van der Waals surface area contributed by atoms with E-state index in [2.05, 4.69) is 4.98 Å². The largest absolute Gasteiger partial charge is 0.392 e. The SMILES string of the molecule is CCN(CC(N)=S)C(=O)c1nccc2ccccc12. The van der Waals surface area contributed by atoms with Gasteiger partial charge in [0, 0.05) is 18.1 Å². The lowest BCUT2D eigenvalue weighted by atomic mass is 10.1. The van der Waals surface area contributed by atoms with Crippen LogP contribution in [-0.4, -0.2) is 33.9 Å². The molecule has 2 aromatic rings. The highest BCUT2D eigenvalue weighted by atomic mass is 32.1. The Kier molecular flexibility index (Phi) is 4.06. The number of rotatable bonds is 4. The molecular weight excluding hydrogens is 258 g/mol. The van der Waals surface area contributed by atoms with Gasteiger partial charge >= 0.3 is 0 Å². The Bertz CT molecular complexity index is 622. The summed E-state index contributed by atoms with van der Waals surface area (Å²) in [5.41, 5.74) is 5.96. The Labute approximate surface area is 117 Å². The highest BCUT2D eigenvalue weighted by molar-refractivity contribution is 7.80. The average Bonchev–Trinajstić information content (AvgIpc) is 2.43. The average molecular weight is 273 g/mol. The van der Waals surface area contributed by atoms with E-state index in [0.29, 0.717) is 17.2 Å². The second-order valence-corrected chi connectivity index (χ2v) is 4.69. The van der Waals surface area contributed by atoms with Crippen molar-refractivity contribution in [3.05, 3.63) is 42.2 Å². The molecule has 0 aliphatic rings. The molecule has 2 rings (SSSR count). The lowest BCUT2D eigenvalue weighted by molar-refractivity contribution is 0.0784. The quantitative estimate of drug-likeness (QED) is 0.865. The molecule has 0 aliphatic carbocycles. The summed E-state index contributed by atoms with van der Waals surface area (Å²) in [4.78, 5) is 18.6. The van der Waals surface area contributed by atoms with E-state index < -0.39 is 0 Å². The summed E-state index contributed by atoms with van der Waals surface area (Å²) >= 11 is 4.87. The molecule has 0 spiro atoms. The third kappa shape index (κ3) is 2.88. The number of hydrogen-bond donors (Lipinski definition) is 1. The van der Waals surface area contributed by atoms with Gasteiger partial charge in [0.05, 0.1) is 11.5 Å². The minimum absolute atomic E-state index is 0.146. The zero-order valence-corrected chi connectivity index (χ0v) is 11.5. The molecule has 0 fully saturated rings. The maximum Gasteiger partial charge on any atom is 0.273 e. The molecule has 0 bridgehead atoms. The molecule has 0 aliphatic heterocycles. The Balaban J connectivity index is 2.43. The van der Waals surface area contributed by atoms with E-state index in [1.807, 2.05) is 37.3 Å². The lowest BCUT2D eigenvalue weighted by Gasteiger charge is -2.20. The van der Waals surface area contributed by atoms with Gasteiger partial charge in [0.1, 0.15) is 5.69 Å². The van der Waals surface area contributed by atoms with Crippen molar-refractivity contribution in [2.45, 2.75) is 6.92 Å². The smallest absolute Gasteiger partial charge is 0.273 e. The number of thiocarbonyl (C=S) groups is 1. The van der Waals surface area contributed by atoms with Crippen molar-refractivity contribution < 1.29 is 4.79 Å². The number of amides is 1.